The molecule has 0 heterocycles. The Morgan fingerprint density at radius 1 is 0.529 bits per heavy atom. The van der Waals surface area contributed by atoms with Crippen LogP contribution in [0.25, 0.3) is 0 Å². The molecule has 8 atom stereocenters. The number of hydrogen-bond donors (Lipinski definition) is 3. The van der Waals surface area contributed by atoms with Gasteiger partial charge in [-0.15, -0.1) is 0 Å². The number of thiol groups is 1. The quantitative estimate of drug-likeness (QED) is 0.208. The highest BCUT2D eigenvalue weighted by Gasteiger charge is 2.58. The van der Waals surface area contributed by atoms with Crippen molar-refractivity contribution in [3.05, 3.63) is 57.6 Å². The third-order valence-corrected chi connectivity index (χ3v) is 22.5. The molecule has 0 radical (unpaired) electrons. The van der Waals surface area contributed by atoms with Crippen molar-refractivity contribution in [2.75, 3.05) is 0 Å². The first kappa shape index (κ1) is 56.0. The second kappa shape index (κ2) is 20.6. The van der Waals surface area contributed by atoms with E-state index in [-0.39, 0.29) is 21.7 Å². The Bertz CT molecular complexity index is 2020. The number of thioether (sulfide) groups is 1. The Morgan fingerprint density at radius 2 is 0.912 bits per heavy atom. The van der Waals surface area contributed by atoms with Crippen LogP contribution in [0.5, 0.6) is 11.5 Å². The van der Waals surface area contributed by atoms with Crippen molar-refractivity contribution in [1.82, 2.24) is 0 Å². The molecule has 5 aliphatic rings. The van der Waals surface area contributed by atoms with Crippen LogP contribution < -0.4 is 0 Å². The zero-order valence-electron chi connectivity index (χ0n) is 47.5. The van der Waals surface area contributed by atoms with Gasteiger partial charge in [0.25, 0.3) is 0 Å². The summed E-state index contributed by atoms with van der Waals surface area (Å²) in [5.74, 6) is 6.94. The van der Waals surface area contributed by atoms with Crippen molar-refractivity contribution in [3.63, 3.8) is 0 Å². The molecule has 7 rings (SSSR count). The van der Waals surface area contributed by atoms with E-state index in [0.29, 0.717) is 50.7 Å². The molecule has 0 aliphatic heterocycles. The van der Waals surface area contributed by atoms with Crippen LogP contribution in [0.3, 0.4) is 0 Å². The van der Waals surface area contributed by atoms with Gasteiger partial charge in [-0.2, -0.15) is 24.4 Å². The minimum absolute atomic E-state index is 0.0224. The van der Waals surface area contributed by atoms with E-state index in [0.717, 1.165) is 40.2 Å². The summed E-state index contributed by atoms with van der Waals surface area (Å²) in [6, 6.07) is 9.29. The number of hydrogen-bond acceptors (Lipinski definition) is 4. The topological polar surface area (TPSA) is 40.5 Å². The molecule has 0 amide bonds. The lowest BCUT2D eigenvalue weighted by molar-refractivity contribution is -0.0842. The summed E-state index contributed by atoms with van der Waals surface area (Å²) in [7, 11) is 0. The Hall–Kier alpha value is -1.26. The molecule has 0 aromatic heterocycles. The lowest BCUT2D eigenvalue weighted by Crippen LogP contribution is -2.52. The normalized spacial score (nSPS) is 33.9. The molecule has 5 aliphatic carbocycles. The first-order chi connectivity index (χ1) is 31.3. The molecule has 0 spiro atoms. The van der Waals surface area contributed by atoms with Crippen molar-refractivity contribution < 1.29 is 10.2 Å². The predicted molar refractivity (Wildman–Crippen MR) is 302 cm³/mol. The highest BCUT2D eigenvalue weighted by Crippen LogP contribution is 2.67. The van der Waals surface area contributed by atoms with Crippen LogP contribution in [0.2, 0.25) is 0 Å². The molecule has 4 bridgehead atoms. The molecular weight excluding hydrogens is 865 g/mol. The average Bonchev–Trinajstić information content (AvgIpc) is 3.19. The minimum Gasteiger partial charge on any atom is -0.507 e. The number of fused-ring (bicyclic) bond motifs is 4. The summed E-state index contributed by atoms with van der Waals surface area (Å²) in [6.07, 6.45) is 22.6. The lowest BCUT2D eigenvalue weighted by Gasteiger charge is -2.61. The van der Waals surface area contributed by atoms with E-state index in [2.05, 4.69) is 173 Å². The second-order valence-corrected chi connectivity index (χ2v) is 31.0. The van der Waals surface area contributed by atoms with Gasteiger partial charge in [0.05, 0.1) is 0 Å². The Morgan fingerprint density at radius 3 is 1.28 bits per heavy atom. The Labute approximate surface area is 430 Å². The standard InChI is InChI=1S/C36H60OS.C28H46OS/c1-25(2)34(8)19-27-20-35(9,24-36(21-27,23-34)26(3)4)31-18-29(33(5,6)7)17-28(32(31)37)22-38-30-15-13-11-10-12-14-16-30;1-18(2)26(8)12-20-13-27(9,17-28(14-20,16-26)19(3)4)23-11-22(25(5,6)7)10-21(15-30)24(23)29/h17-18,25-27,30,37H,10-16,19-24H2,1-9H3;10-11,18-20,29-30H,12-17H2,1-9H3. The highest BCUT2D eigenvalue weighted by molar-refractivity contribution is 7.99. The zero-order valence-corrected chi connectivity index (χ0v) is 49.2. The molecule has 386 valence electrons. The average molecular weight is 972 g/mol. The number of phenols is 2. The van der Waals surface area contributed by atoms with Gasteiger partial charge in [0, 0.05) is 39.0 Å². The Balaban J connectivity index is 0.000000230. The van der Waals surface area contributed by atoms with Crippen molar-refractivity contribution in [2.45, 2.75) is 272 Å². The van der Waals surface area contributed by atoms with E-state index < -0.39 is 0 Å². The monoisotopic (exact) mass is 971 g/mol. The summed E-state index contributed by atoms with van der Waals surface area (Å²) >= 11 is 6.69. The fraction of sp³-hybridized carbons (Fsp3) is 0.812. The van der Waals surface area contributed by atoms with Crippen molar-refractivity contribution in [1.29, 1.82) is 0 Å². The maximum atomic E-state index is 12.0. The molecule has 4 heteroatoms. The molecular formula is C64H106O2S2. The molecule has 2 N–H and O–H groups in total. The second-order valence-electron chi connectivity index (χ2n) is 29.4. The molecule has 5 saturated carbocycles. The SMILES string of the molecule is CC(C)C1(C)CC2CC(C)(c3cc(C(C)(C)C)cc(CS)c3O)CC(C(C)C)(C2)C1.CC(C)C1(C)CC2CC(C)(c3cc(C(C)(C)C)cc(CSC4CCCCCCC4)c3O)CC(C(C)C)(C2)C1. The molecule has 8 unspecified atom stereocenters. The van der Waals surface area contributed by atoms with Crippen molar-refractivity contribution in [2.24, 2.45) is 57.2 Å². The van der Waals surface area contributed by atoms with Gasteiger partial charge in [-0.05, 0) is 167 Å². The first-order valence-corrected chi connectivity index (χ1v) is 30.0. The van der Waals surface area contributed by atoms with Gasteiger partial charge in [0.1, 0.15) is 11.5 Å². The van der Waals surface area contributed by atoms with Gasteiger partial charge < -0.3 is 10.2 Å². The zero-order chi connectivity index (χ0) is 50.6. The van der Waals surface area contributed by atoms with Crippen LogP contribution in [0, 0.1) is 57.2 Å². The third kappa shape index (κ3) is 11.7. The predicted octanol–water partition coefficient (Wildman–Crippen LogP) is 19.5. The Kier molecular flexibility index (Phi) is 17.0. The van der Waals surface area contributed by atoms with Gasteiger partial charge in [-0.25, -0.2) is 0 Å². The van der Waals surface area contributed by atoms with Crippen LogP contribution in [-0.4, -0.2) is 15.5 Å². The van der Waals surface area contributed by atoms with Crippen molar-refractivity contribution >= 4 is 24.4 Å². The minimum atomic E-state index is 0.0224. The van der Waals surface area contributed by atoms with Gasteiger partial charge in [0.15, 0.2) is 0 Å². The van der Waals surface area contributed by atoms with Gasteiger partial charge in [-0.3, -0.25) is 0 Å². The fourth-order valence-corrected chi connectivity index (χ4v) is 17.4. The maximum absolute atomic E-state index is 12.0. The summed E-state index contributed by atoms with van der Waals surface area (Å²) in [4.78, 5) is 0. The molecule has 2 aromatic rings. The van der Waals surface area contributed by atoms with Crippen molar-refractivity contribution in [3.8, 4) is 11.5 Å². The maximum Gasteiger partial charge on any atom is 0.123 e. The number of benzene rings is 2. The summed E-state index contributed by atoms with van der Waals surface area (Å²) in [6.45, 7) is 43.5. The van der Waals surface area contributed by atoms with Crippen LogP contribution >= 0.6 is 24.4 Å². The van der Waals surface area contributed by atoms with Gasteiger partial charge >= 0.3 is 0 Å². The van der Waals surface area contributed by atoms with E-state index in [9.17, 15) is 10.2 Å². The molecule has 2 aromatic carbocycles. The highest BCUT2D eigenvalue weighted by atomic mass is 32.2. The molecule has 2 nitrogen and oxygen atoms in total. The molecule has 5 fully saturated rings. The fourth-order valence-electron chi connectivity index (χ4n) is 15.8. The van der Waals surface area contributed by atoms with E-state index in [1.165, 1.54) is 137 Å². The van der Waals surface area contributed by atoms with E-state index in [4.69, 9.17) is 0 Å². The largest absolute Gasteiger partial charge is 0.507 e. The van der Waals surface area contributed by atoms with Crippen LogP contribution in [-0.2, 0) is 33.2 Å². The van der Waals surface area contributed by atoms with E-state index in [1.54, 1.807) is 0 Å². The van der Waals surface area contributed by atoms with Crippen LogP contribution in [0.1, 0.15) is 267 Å². The first-order valence-electron chi connectivity index (χ1n) is 28.3. The van der Waals surface area contributed by atoms with Gasteiger partial charge in [-0.1, -0.05) is 181 Å². The third-order valence-electron chi connectivity index (χ3n) is 20.7. The lowest BCUT2D eigenvalue weighted by atomic mass is 9.44. The smallest absolute Gasteiger partial charge is 0.123 e. The van der Waals surface area contributed by atoms with E-state index >= 15 is 0 Å². The summed E-state index contributed by atoms with van der Waals surface area (Å²) in [5, 5.41) is 24.1. The van der Waals surface area contributed by atoms with E-state index in [1.807, 2.05) is 0 Å². The summed E-state index contributed by atoms with van der Waals surface area (Å²) in [5.41, 5.74) is 9.15. The number of phenolic OH excluding ortho intramolecular Hbond substituents is 2. The number of aromatic hydroxyl groups is 2. The van der Waals surface area contributed by atoms with Crippen LogP contribution in [0.15, 0.2) is 24.3 Å². The molecule has 68 heavy (non-hydrogen) atoms. The van der Waals surface area contributed by atoms with Gasteiger partial charge in [0.2, 0.25) is 0 Å². The molecule has 0 saturated heterocycles. The summed E-state index contributed by atoms with van der Waals surface area (Å²) < 4.78 is 0. The number of rotatable bonds is 10. The van der Waals surface area contributed by atoms with Crippen LogP contribution in [0.4, 0.5) is 0 Å².